The zero-order valence-corrected chi connectivity index (χ0v) is 11.3. The van der Waals surface area contributed by atoms with E-state index in [1.807, 2.05) is 18.2 Å². The van der Waals surface area contributed by atoms with E-state index in [4.69, 9.17) is 13.9 Å². The fourth-order valence-corrected chi connectivity index (χ4v) is 2.57. The average Bonchev–Trinajstić information content (AvgIpc) is 2.76. The van der Waals surface area contributed by atoms with Gasteiger partial charge in [0.1, 0.15) is 11.3 Å². The number of fused-ring (bicyclic) bond motifs is 2. The molecule has 0 fully saturated rings. The number of furan rings is 1. The van der Waals surface area contributed by atoms with Crippen LogP contribution in [0.1, 0.15) is 6.42 Å². The molecule has 0 atom stereocenters. The van der Waals surface area contributed by atoms with Crippen LogP contribution in [0.25, 0.3) is 22.1 Å². The predicted octanol–water partition coefficient (Wildman–Crippen LogP) is 3.97. The highest BCUT2D eigenvalue weighted by atomic mass is 16.5. The standard InChI is InChI=1S/C17H14O4/c18-12-3-5-15-13(9-12)14(10-21-15)11-2-4-16-17(8-11)20-7-1-6-19-16/h2-5,8-10,18H,1,6-7H2. The van der Waals surface area contributed by atoms with Crippen LogP contribution in [-0.2, 0) is 0 Å². The lowest BCUT2D eigenvalue weighted by Gasteiger charge is -2.08. The van der Waals surface area contributed by atoms with Gasteiger partial charge in [-0.2, -0.15) is 0 Å². The molecule has 0 bridgehead atoms. The van der Waals surface area contributed by atoms with Crippen LogP contribution in [0.15, 0.2) is 47.1 Å². The maximum Gasteiger partial charge on any atom is 0.161 e. The van der Waals surface area contributed by atoms with E-state index in [9.17, 15) is 5.11 Å². The molecule has 0 saturated heterocycles. The number of phenols is 1. The van der Waals surface area contributed by atoms with Crippen molar-refractivity contribution in [1.29, 1.82) is 0 Å². The van der Waals surface area contributed by atoms with Gasteiger partial charge < -0.3 is 19.0 Å². The Labute approximate surface area is 121 Å². The van der Waals surface area contributed by atoms with Crippen molar-refractivity contribution in [2.45, 2.75) is 6.42 Å². The molecule has 4 nitrogen and oxygen atoms in total. The molecule has 4 heteroatoms. The minimum Gasteiger partial charge on any atom is -0.508 e. The molecule has 0 radical (unpaired) electrons. The van der Waals surface area contributed by atoms with Crippen molar-refractivity contribution in [2.75, 3.05) is 13.2 Å². The maximum absolute atomic E-state index is 9.66. The van der Waals surface area contributed by atoms with E-state index in [0.717, 1.165) is 40.0 Å². The lowest BCUT2D eigenvalue weighted by Crippen LogP contribution is -1.97. The second-order valence-electron chi connectivity index (χ2n) is 5.04. The highest BCUT2D eigenvalue weighted by molar-refractivity contribution is 5.95. The van der Waals surface area contributed by atoms with Crippen LogP contribution < -0.4 is 9.47 Å². The minimum absolute atomic E-state index is 0.222. The Balaban J connectivity index is 1.85. The molecular weight excluding hydrogens is 268 g/mol. The number of hydrogen-bond donors (Lipinski definition) is 1. The second kappa shape index (κ2) is 4.74. The Morgan fingerprint density at radius 3 is 2.67 bits per heavy atom. The highest BCUT2D eigenvalue weighted by Gasteiger charge is 2.14. The largest absolute Gasteiger partial charge is 0.508 e. The lowest BCUT2D eigenvalue weighted by atomic mass is 10.0. The Bertz CT molecular complexity index is 804. The van der Waals surface area contributed by atoms with Gasteiger partial charge in [-0.25, -0.2) is 0 Å². The van der Waals surface area contributed by atoms with E-state index < -0.39 is 0 Å². The molecule has 3 aromatic rings. The van der Waals surface area contributed by atoms with Gasteiger partial charge >= 0.3 is 0 Å². The average molecular weight is 282 g/mol. The van der Waals surface area contributed by atoms with Crippen LogP contribution in [0.5, 0.6) is 17.2 Å². The van der Waals surface area contributed by atoms with Crippen LogP contribution >= 0.6 is 0 Å². The van der Waals surface area contributed by atoms with Crippen molar-refractivity contribution in [3.63, 3.8) is 0 Å². The zero-order chi connectivity index (χ0) is 14.2. The van der Waals surface area contributed by atoms with E-state index in [-0.39, 0.29) is 5.75 Å². The number of rotatable bonds is 1. The summed E-state index contributed by atoms with van der Waals surface area (Å²) in [7, 11) is 0. The SMILES string of the molecule is Oc1ccc2occ(-c3ccc4c(c3)OCCCO4)c2c1. The highest BCUT2D eigenvalue weighted by Crippen LogP contribution is 2.38. The minimum atomic E-state index is 0.222. The van der Waals surface area contributed by atoms with Gasteiger partial charge in [-0.1, -0.05) is 6.07 Å². The Morgan fingerprint density at radius 2 is 1.76 bits per heavy atom. The summed E-state index contributed by atoms with van der Waals surface area (Å²) in [5, 5.41) is 10.5. The smallest absolute Gasteiger partial charge is 0.161 e. The first-order valence-electron chi connectivity index (χ1n) is 6.91. The molecule has 1 aliphatic heterocycles. The van der Waals surface area contributed by atoms with E-state index in [1.165, 1.54) is 0 Å². The van der Waals surface area contributed by atoms with Gasteiger partial charge in [-0.3, -0.25) is 0 Å². The molecule has 0 amide bonds. The molecule has 0 unspecified atom stereocenters. The summed E-state index contributed by atoms with van der Waals surface area (Å²) in [6, 6.07) is 10.9. The molecule has 21 heavy (non-hydrogen) atoms. The lowest BCUT2D eigenvalue weighted by molar-refractivity contribution is 0.297. The normalized spacial score (nSPS) is 14.1. The van der Waals surface area contributed by atoms with Crippen molar-refractivity contribution in [3.05, 3.63) is 42.7 Å². The fraction of sp³-hybridized carbons (Fsp3) is 0.176. The number of benzene rings is 2. The quantitative estimate of drug-likeness (QED) is 0.733. The molecule has 2 aromatic carbocycles. The maximum atomic E-state index is 9.66. The number of hydrogen-bond acceptors (Lipinski definition) is 4. The molecule has 1 N–H and O–H groups in total. The zero-order valence-electron chi connectivity index (χ0n) is 11.3. The van der Waals surface area contributed by atoms with Crippen molar-refractivity contribution >= 4 is 11.0 Å². The van der Waals surface area contributed by atoms with Gasteiger partial charge in [-0.05, 0) is 35.9 Å². The van der Waals surface area contributed by atoms with E-state index >= 15 is 0 Å². The summed E-state index contributed by atoms with van der Waals surface area (Å²) in [6.07, 6.45) is 2.58. The van der Waals surface area contributed by atoms with Gasteiger partial charge in [0.25, 0.3) is 0 Å². The van der Waals surface area contributed by atoms with Gasteiger partial charge in [0.05, 0.1) is 19.5 Å². The third kappa shape index (κ3) is 2.09. The first kappa shape index (κ1) is 12.1. The summed E-state index contributed by atoms with van der Waals surface area (Å²) in [5.41, 5.74) is 2.65. The molecule has 1 aromatic heterocycles. The number of aromatic hydroxyl groups is 1. The fourth-order valence-electron chi connectivity index (χ4n) is 2.57. The summed E-state index contributed by atoms with van der Waals surface area (Å²) in [4.78, 5) is 0. The van der Waals surface area contributed by atoms with Crippen LogP contribution in [0, 0.1) is 0 Å². The van der Waals surface area contributed by atoms with Gasteiger partial charge in [0, 0.05) is 17.4 Å². The summed E-state index contributed by atoms with van der Waals surface area (Å²) < 4.78 is 16.9. The van der Waals surface area contributed by atoms with Crippen molar-refractivity contribution in [2.24, 2.45) is 0 Å². The third-order valence-corrected chi connectivity index (χ3v) is 3.62. The molecule has 0 saturated carbocycles. The Morgan fingerprint density at radius 1 is 0.905 bits per heavy atom. The molecular formula is C17H14O4. The monoisotopic (exact) mass is 282 g/mol. The predicted molar refractivity (Wildman–Crippen MR) is 78.9 cm³/mol. The van der Waals surface area contributed by atoms with E-state index in [2.05, 4.69) is 0 Å². The molecule has 0 aliphatic carbocycles. The molecule has 1 aliphatic rings. The van der Waals surface area contributed by atoms with Crippen molar-refractivity contribution in [1.82, 2.24) is 0 Å². The van der Waals surface area contributed by atoms with Crippen LogP contribution in [0.2, 0.25) is 0 Å². The van der Waals surface area contributed by atoms with Crippen molar-refractivity contribution < 1.29 is 19.0 Å². The summed E-state index contributed by atoms with van der Waals surface area (Å²) in [6.45, 7) is 1.33. The van der Waals surface area contributed by atoms with Crippen LogP contribution in [-0.4, -0.2) is 18.3 Å². The van der Waals surface area contributed by atoms with E-state index in [1.54, 1.807) is 24.5 Å². The topological polar surface area (TPSA) is 51.8 Å². The first-order chi connectivity index (χ1) is 10.3. The van der Waals surface area contributed by atoms with Crippen LogP contribution in [0.4, 0.5) is 0 Å². The number of phenolic OH excluding ortho intramolecular Hbond substituents is 1. The first-order valence-corrected chi connectivity index (χ1v) is 6.91. The van der Waals surface area contributed by atoms with Gasteiger partial charge in [-0.15, -0.1) is 0 Å². The molecule has 0 spiro atoms. The molecule has 106 valence electrons. The van der Waals surface area contributed by atoms with Gasteiger partial charge in [0.15, 0.2) is 11.5 Å². The summed E-state index contributed by atoms with van der Waals surface area (Å²) >= 11 is 0. The van der Waals surface area contributed by atoms with Crippen LogP contribution in [0.3, 0.4) is 0 Å². The Hall–Kier alpha value is -2.62. The van der Waals surface area contributed by atoms with Crippen molar-refractivity contribution in [3.8, 4) is 28.4 Å². The Kier molecular flexibility index (Phi) is 2.74. The van der Waals surface area contributed by atoms with Gasteiger partial charge in [0.2, 0.25) is 0 Å². The summed E-state index contributed by atoms with van der Waals surface area (Å²) in [5.74, 6) is 1.74. The number of ether oxygens (including phenoxy) is 2. The molecule has 4 rings (SSSR count). The molecule has 2 heterocycles. The third-order valence-electron chi connectivity index (χ3n) is 3.62. The second-order valence-corrected chi connectivity index (χ2v) is 5.04. The van der Waals surface area contributed by atoms with E-state index in [0.29, 0.717) is 13.2 Å².